The number of halogens is 5. The number of hydrogen-bond acceptors (Lipinski definition) is 1. The fourth-order valence-electron chi connectivity index (χ4n) is 1.93. The third kappa shape index (κ3) is 3.74. The molecule has 0 aliphatic heterocycles. The summed E-state index contributed by atoms with van der Waals surface area (Å²) in [6.45, 7) is 0. The van der Waals surface area contributed by atoms with Gasteiger partial charge in [-0.3, -0.25) is 0 Å². The van der Waals surface area contributed by atoms with Gasteiger partial charge in [-0.05, 0) is 29.3 Å². The Labute approximate surface area is 123 Å². The third-order valence-electron chi connectivity index (χ3n) is 3.07. The third-order valence-corrected chi connectivity index (χ3v) is 3.49. The van der Waals surface area contributed by atoms with Gasteiger partial charge in [-0.1, -0.05) is 35.9 Å². The first-order valence-electron chi connectivity index (χ1n) is 6.07. The molecule has 2 aromatic rings. The van der Waals surface area contributed by atoms with Crippen molar-refractivity contribution in [3.63, 3.8) is 0 Å². The molecule has 0 radical (unpaired) electrons. The first-order chi connectivity index (χ1) is 9.79. The Morgan fingerprint density at radius 1 is 1.05 bits per heavy atom. The van der Waals surface area contributed by atoms with Gasteiger partial charge >= 0.3 is 6.18 Å². The number of rotatable bonds is 3. The van der Waals surface area contributed by atoms with Crippen molar-refractivity contribution in [1.29, 1.82) is 0 Å². The molecule has 0 aromatic heterocycles. The first kappa shape index (κ1) is 15.8. The Morgan fingerprint density at radius 2 is 1.67 bits per heavy atom. The van der Waals surface area contributed by atoms with E-state index < -0.39 is 23.7 Å². The van der Waals surface area contributed by atoms with Gasteiger partial charge < -0.3 is 5.11 Å². The van der Waals surface area contributed by atoms with Crippen LogP contribution in [-0.2, 0) is 12.6 Å². The summed E-state index contributed by atoms with van der Waals surface area (Å²) in [6.07, 6.45) is -5.47. The summed E-state index contributed by atoms with van der Waals surface area (Å²) < 4.78 is 50.6. The number of benzene rings is 2. The number of hydrogen-bond donors (Lipinski definition) is 1. The van der Waals surface area contributed by atoms with Crippen LogP contribution in [0.25, 0.3) is 0 Å². The second-order valence-electron chi connectivity index (χ2n) is 4.55. The Bertz CT molecular complexity index is 623. The van der Waals surface area contributed by atoms with Gasteiger partial charge in [0.1, 0.15) is 5.82 Å². The van der Waals surface area contributed by atoms with Crippen LogP contribution >= 0.6 is 11.6 Å². The second-order valence-corrected chi connectivity index (χ2v) is 4.93. The van der Waals surface area contributed by atoms with E-state index in [1.807, 2.05) is 0 Å². The van der Waals surface area contributed by atoms with Crippen LogP contribution in [0, 0.1) is 5.82 Å². The number of aliphatic hydroxyl groups is 1. The average molecular weight is 319 g/mol. The summed E-state index contributed by atoms with van der Waals surface area (Å²) in [4.78, 5) is 0. The molecule has 0 aliphatic carbocycles. The van der Waals surface area contributed by atoms with Crippen LogP contribution in [0.4, 0.5) is 17.6 Å². The Balaban J connectivity index is 2.17. The molecule has 1 N–H and O–H groups in total. The molecular formula is C15H11ClF4O. The molecule has 6 heteroatoms. The lowest BCUT2D eigenvalue weighted by atomic mass is 10.00. The second kappa shape index (κ2) is 6.03. The zero-order valence-corrected chi connectivity index (χ0v) is 11.4. The van der Waals surface area contributed by atoms with Gasteiger partial charge in [-0.15, -0.1) is 0 Å². The summed E-state index contributed by atoms with van der Waals surface area (Å²) in [7, 11) is 0. The summed E-state index contributed by atoms with van der Waals surface area (Å²) in [6, 6.07) is 8.38. The smallest absolute Gasteiger partial charge is 0.388 e. The highest BCUT2D eigenvalue weighted by molar-refractivity contribution is 6.31. The first-order valence-corrected chi connectivity index (χ1v) is 6.45. The Hall–Kier alpha value is -1.59. The molecule has 1 atom stereocenters. The van der Waals surface area contributed by atoms with Gasteiger partial charge in [-0.25, -0.2) is 4.39 Å². The van der Waals surface area contributed by atoms with Crippen LogP contribution in [0.1, 0.15) is 22.8 Å². The molecule has 0 saturated heterocycles. The Morgan fingerprint density at radius 3 is 2.24 bits per heavy atom. The van der Waals surface area contributed by atoms with E-state index in [0.717, 1.165) is 12.1 Å². The van der Waals surface area contributed by atoms with Crippen LogP contribution in [0.5, 0.6) is 0 Å². The zero-order chi connectivity index (χ0) is 15.6. The van der Waals surface area contributed by atoms with Crippen LogP contribution < -0.4 is 0 Å². The molecule has 2 rings (SSSR count). The Kier molecular flexibility index (Phi) is 4.54. The van der Waals surface area contributed by atoms with Gasteiger partial charge in [0.05, 0.1) is 16.7 Å². The molecule has 112 valence electrons. The van der Waals surface area contributed by atoms with E-state index >= 15 is 0 Å². The van der Waals surface area contributed by atoms with E-state index in [0.29, 0.717) is 11.1 Å². The summed E-state index contributed by atoms with van der Waals surface area (Å²) >= 11 is 5.77. The highest BCUT2D eigenvalue weighted by atomic mass is 35.5. The van der Waals surface area contributed by atoms with Crippen molar-refractivity contribution in [2.75, 3.05) is 0 Å². The van der Waals surface area contributed by atoms with Crippen molar-refractivity contribution < 1.29 is 22.7 Å². The molecule has 0 fully saturated rings. The molecular weight excluding hydrogens is 308 g/mol. The van der Waals surface area contributed by atoms with Crippen LogP contribution in [-0.4, -0.2) is 5.11 Å². The van der Waals surface area contributed by atoms with Gasteiger partial charge in [-0.2, -0.15) is 13.2 Å². The minimum absolute atomic E-state index is 0.0158. The molecule has 0 amide bonds. The van der Waals surface area contributed by atoms with Crippen molar-refractivity contribution in [2.24, 2.45) is 0 Å². The predicted octanol–water partition coefficient (Wildman–Crippen LogP) is 4.77. The lowest BCUT2D eigenvalue weighted by Crippen LogP contribution is -2.07. The lowest BCUT2D eigenvalue weighted by molar-refractivity contribution is -0.137. The predicted molar refractivity (Wildman–Crippen MR) is 71.5 cm³/mol. The van der Waals surface area contributed by atoms with Gasteiger partial charge in [0.2, 0.25) is 0 Å². The van der Waals surface area contributed by atoms with E-state index in [1.54, 1.807) is 6.07 Å². The molecule has 0 saturated carbocycles. The minimum Gasteiger partial charge on any atom is -0.388 e. The van der Waals surface area contributed by atoms with E-state index in [-0.39, 0.29) is 11.4 Å². The molecule has 0 aliphatic rings. The van der Waals surface area contributed by atoms with Crippen molar-refractivity contribution >= 4 is 11.6 Å². The van der Waals surface area contributed by atoms with E-state index in [4.69, 9.17) is 11.6 Å². The van der Waals surface area contributed by atoms with Gasteiger partial charge in [0.25, 0.3) is 0 Å². The molecule has 2 aromatic carbocycles. The maximum atomic E-state index is 13.3. The van der Waals surface area contributed by atoms with Crippen molar-refractivity contribution in [3.8, 4) is 0 Å². The van der Waals surface area contributed by atoms with E-state index in [1.165, 1.54) is 24.3 Å². The van der Waals surface area contributed by atoms with Crippen molar-refractivity contribution in [2.45, 2.75) is 18.7 Å². The average Bonchev–Trinajstić information content (AvgIpc) is 2.43. The van der Waals surface area contributed by atoms with E-state index in [9.17, 15) is 22.7 Å². The minimum atomic E-state index is -4.42. The van der Waals surface area contributed by atoms with Crippen LogP contribution in [0.3, 0.4) is 0 Å². The van der Waals surface area contributed by atoms with Gasteiger partial charge in [0.15, 0.2) is 0 Å². The highest BCUT2D eigenvalue weighted by Gasteiger charge is 2.30. The largest absolute Gasteiger partial charge is 0.416 e. The topological polar surface area (TPSA) is 20.2 Å². The van der Waals surface area contributed by atoms with Crippen LogP contribution in [0.2, 0.25) is 5.02 Å². The number of alkyl halides is 3. The fourth-order valence-corrected chi connectivity index (χ4v) is 2.13. The molecule has 21 heavy (non-hydrogen) atoms. The van der Waals surface area contributed by atoms with Crippen molar-refractivity contribution in [1.82, 2.24) is 0 Å². The molecule has 1 nitrogen and oxygen atoms in total. The SMILES string of the molecule is OC(Cc1cccc(F)c1Cl)c1ccc(C(F)(F)F)cc1. The molecule has 0 heterocycles. The maximum absolute atomic E-state index is 13.3. The lowest BCUT2D eigenvalue weighted by Gasteiger charge is -2.14. The van der Waals surface area contributed by atoms with Crippen LogP contribution in [0.15, 0.2) is 42.5 Å². The zero-order valence-electron chi connectivity index (χ0n) is 10.7. The normalized spacial score (nSPS) is 13.2. The molecule has 0 bridgehead atoms. The quantitative estimate of drug-likeness (QED) is 0.808. The van der Waals surface area contributed by atoms with E-state index in [2.05, 4.69) is 0 Å². The summed E-state index contributed by atoms with van der Waals surface area (Å²) in [5.41, 5.74) is -0.0883. The highest BCUT2D eigenvalue weighted by Crippen LogP contribution is 2.31. The molecule has 0 spiro atoms. The van der Waals surface area contributed by atoms with Gasteiger partial charge in [0, 0.05) is 6.42 Å². The summed E-state index contributed by atoms with van der Waals surface area (Å²) in [5.74, 6) is -0.603. The standard InChI is InChI=1S/C15H11ClF4O/c16-14-10(2-1-3-12(14)17)8-13(21)9-4-6-11(7-5-9)15(18,19)20/h1-7,13,21H,8H2. The van der Waals surface area contributed by atoms with Crippen molar-refractivity contribution in [3.05, 3.63) is 70.0 Å². The maximum Gasteiger partial charge on any atom is 0.416 e. The fraction of sp³-hybridized carbons (Fsp3) is 0.200. The number of aliphatic hydroxyl groups excluding tert-OH is 1. The monoisotopic (exact) mass is 318 g/mol. The summed E-state index contributed by atoms with van der Waals surface area (Å²) in [5, 5.41) is 9.93. The molecule has 1 unspecified atom stereocenters.